The molecule has 54 valence electrons. The molecule has 0 spiro atoms. The van der Waals surface area contributed by atoms with E-state index in [1.165, 1.54) is 11.3 Å². The van der Waals surface area contributed by atoms with E-state index in [-0.39, 0.29) is 0 Å². The summed E-state index contributed by atoms with van der Waals surface area (Å²) in [5.41, 5.74) is 11.2. The first-order chi connectivity index (χ1) is 4.72. The smallest absolute Gasteiger partial charge is 0.238 e. The van der Waals surface area contributed by atoms with Crippen LogP contribution in [0.4, 0.5) is 0 Å². The zero-order valence-electron chi connectivity index (χ0n) is 5.28. The Bertz CT molecular complexity index is 220. The van der Waals surface area contributed by atoms with Gasteiger partial charge in [-0.3, -0.25) is 4.79 Å². The van der Waals surface area contributed by atoms with Crippen LogP contribution in [-0.2, 0) is 4.79 Å². The summed E-state index contributed by atoms with van der Waals surface area (Å²) in [5, 5.41) is 3.67. The van der Waals surface area contributed by atoms with Crippen LogP contribution in [0.3, 0.4) is 0 Å². The van der Waals surface area contributed by atoms with Crippen molar-refractivity contribution in [3.05, 3.63) is 22.4 Å². The van der Waals surface area contributed by atoms with Crippen molar-refractivity contribution in [2.24, 2.45) is 11.5 Å². The van der Waals surface area contributed by atoms with Gasteiger partial charge in [-0.25, -0.2) is 0 Å². The predicted octanol–water partition coefficient (Wildman–Crippen LogP) is 0.233. The number of primary amides is 1. The average molecular weight is 156 g/mol. The van der Waals surface area contributed by atoms with Crippen molar-refractivity contribution >= 4 is 17.2 Å². The lowest BCUT2D eigenvalue weighted by Crippen LogP contribution is -2.27. The van der Waals surface area contributed by atoms with Gasteiger partial charge in [0.25, 0.3) is 0 Å². The molecule has 0 aromatic carbocycles. The van der Waals surface area contributed by atoms with Gasteiger partial charge in [0, 0.05) is 0 Å². The van der Waals surface area contributed by atoms with Crippen LogP contribution in [0.1, 0.15) is 11.6 Å². The molecular formula is C6H8N2OS. The summed E-state index contributed by atoms with van der Waals surface area (Å²) < 4.78 is 0. The van der Waals surface area contributed by atoms with Crippen LogP contribution >= 0.6 is 11.3 Å². The van der Waals surface area contributed by atoms with Crippen LogP contribution < -0.4 is 11.5 Å². The molecule has 1 amide bonds. The van der Waals surface area contributed by atoms with Gasteiger partial charge in [0.2, 0.25) is 5.91 Å². The first kappa shape index (κ1) is 7.24. The van der Waals surface area contributed by atoms with E-state index < -0.39 is 11.9 Å². The maximum Gasteiger partial charge on any atom is 0.238 e. The molecule has 0 radical (unpaired) electrons. The zero-order chi connectivity index (χ0) is 7.56. The molecule has 1 aromatic heterocycles. The van der Waals surface area contributed by atoms with Crippen LogP contribution in [0.25, 0.3) is 0 Å². The van der Waals surface area contributed by atoms with Gasteiger partial charge >= 0.3 is 0 Å². The minimum Gasteiger partial charge on any atom is -0.368 e. The third-order valence-electron chi connectivity index (χ3n) is 1.21. The van der Waals surface area contributed by atoms with E-state index in [4.69, 9.17) is 11.5 Å². The van der Waals surface area contributed by atoms with Crippen molar-refractivity contribution in [1.29, 1.82) is 0 Å². The van der Waals surface area contributed by atoms with Crippen molar-refractivity contribution in [1.82, 2.24) is 0 Å². The summed E-state index contributed by atoms with van der Waals surface area (Å²) >= 11 is 1.50. The van der Waals surface area contributed by atoms with Gasteiger partial charge in [0.1, 0.15) is 6.04 Å². The number of rotatable bonds is 2. The number of carbonyl (C=O) groups is 1. The highest BCUT2D eigenvalue weighted by molar-refractivity contribution is 7.08. The quantitative estimate of drug-likeness (QED) is 0.643. The molecule has 3 nitrogen and oxygen atoms in total. The van der Waals surface area contributed by atoms with Gasteiger partial charge in [0.05, 0.1) is 0 Å². The Labute approximate surface area is 62.6 Å². The van der Waals surface area contributed by atoms with Crippen molar-refractivity contribution in [2.45, 2.75) is 6.04 Å². The largest absolute Gasteiger partial charge is 0.368 e. The van der Waals surface area contributed by atoms with E-state index >= 15 is 0 Å². The maximum absolute atomic E-state index is 10.5. The van der Waals surface area contributed by atoms with E-state index in [0.717, 1.165) is 5.56 Å². The normalized spacial score (nSPS) is 12.9. The predicted molar refractivity (Wildman–Crippen MR) is 40.4 cm³/mol. The Morgan fingerprint density at radius 1 is 1.70 bits per heavy atom. The van der Waals surface area contributed by atoms with Gasteiger partial charge in [-0.05, 0) is 22.4 Å². The molecule has 1 atom stereocenters. The third kappa shape index (κ3) is 1.34. The fourth-order valence-corrected chi connectivity index (χ4v) is 1.31. The lowest BCUT2D eigenvalue weighted by atomic mass is 10.2. The van der Waals surface area contributed by atoms with Gasteiger partial charge in [-0.2, -0.15) is 11.3 Å². The van der Waals surface area contributed by atoms with Gasteiger partial charge in [0.15, 0.2) is 0 Å². The Morgan fingerprint density at radius 2 is 2.40 bits per heavy atom. The topological polar surface area (TPSA) is 69.1 Å². The Kier molecular flexibility index (Phi) is 2.03. The van der Waals surface area contributed by atoms with Gasteiger partial charge in [-0.15, -0.1) is 0 Å². The zero-order valence-corrected chi connectivity index (χ0v) is 6.10. The number of hydrogen-bond acceptors (Lipinski definition) is 3. The fourth-order valence-electron chi connectivity index (χ4n) is 0.616. The molecule has 0 fully saturated rings. The van der Waals surface area contributed by atoms with Crippen LogP contribution in [0, 0.1) is 0 Å². The highest BCUT2D eigenvalue weighted by atomic mass is 32.1. The van der Waals surface area contributed by atoms with Crippen molar-refractivity contribution in [2.75, 3.05) is 0 Å². The lowest BCUT2D eigenvalue weighted by molar-refractivity contribution is -0.119. The van der Waals surface area contributed by atoms with Crippen LogP contribution in [0.15, 0.2) is 16.8 Å². The van der Waals surface area contributed by atoms with Crippen molar-refractivity contribution in [3.63, 3.8) is 0 Å². The van der Waals surface area contributed by atoms with E-state index in [9.17, 15) is 4.79 Å². The minimum atomic E-state index is -0.647. The molecule has 10 heavy (non-hydrogen) atoms. The van der Waals surface area contributed by atoms with E-state index in [1.807, 2.05) is 10.8 Å². The monoisotopic (exact) mass is 156 g/mol. The summed E-state index contributed by atoms with van der Waals surface area (Å²) in [6.45, 7) is 0. The number of carbonyl (C=O) groups excluding carboxylic acids is 1. The molecule has 0 aliphatic carbocycles. The minimum absolute atomic E-state index is 0.488. The van der Waals surface area contributed by atoms with Crippen LogP contribution in [0.2, 0.25) is 0 Å². The van der Waals surface area contributed by atoms with Gasteiger partial charge in [-0.1, -0.05) is 0 Å². The number of thiophene rings is 1. The molecule has 1 heterocycles. The molecular weight excluding hydrogens is 148 g/mol. The van der Waals surface area contributed by atoms with Crippen molar-refractivity contribution < 1.29 is 4.79 Å². The highest BCUT2D eigenvalue weighted by Gasteiger charge is 2.10. The van der Waals surface area contributed by atoms with E-state index in [0.29, 0.717) is 0 Å². The second-order valence-corrected chi connectivity index (χ2v) is 2.72. The molecule has 0 saturated heterocycles. The standard InChI is InChI=1S/C6H8N2OS/c7-5(6(8)9)4-1-2-10-3-4/h1-3,5H,7H2,(H2,8,9). The molecule has 1 rings (SSSR count). The van der Waals surface area contributed by atoms with Crippen molar-refractivity contribution in [3.8, 4) is 0 Å². The lowest BCUT2D eigenvalue weighted by Gasteiger charge is -2.02. The third-order valence-corrected chi connectivity index (χ3v) is 1.91. The first-order valence-electron chi connectivity index (χ1n) is 2.79. The summed E-state index contributed by atoms with van der Waals surface area (Å²) in [6, 6.07) is 1.14. The average Bonchev–Trinajstić information content (AvgIpc) is 2.36. The van der Waals surface area contributed by atoms with E-state index in [1.54, 1.807) is 6.07 Å². The molecule has 1 aromatic rings. The molecule has 4 N–H and O–H groups in total. The second-order valence-electron chi connectivity index (χ2n) is 1.94. The summed E-state index contributed by atoms with van der Waals surface area (Å²) in [6.07, 6.45) is 0. The van der Waals surface area contributed by atoms with E-state index in [2.05, 4.69) is 0 Å². The second kappa shape index (κ2) is 2.81. The number of nitrogens with two attached hydrogens (primary N) is 2. The fraction of sp³-hybridized carbons (Fsp3) is 0.167. The Balaban J connectivity index is 2.77. The van der Waals surface area contributed by atoms with Gasteiger partial charge < -0.3 is 11.5 Å². The molecule has 0 aliphatic heterocycles. The Hall–Kier alpha value is -0.870. The molecule has 0 aliphatic rings. The molecule has 1 unspecified atom stereocenters. The molecule has 0 bridgehead atoms. The highest BCUT2D eigenvalue weighted by Crippen LogP contribution is 2.12. The number of amides is 1. The van der Waals surface area contributed by atoms with Crippen LogP contribution in [0.5, 0.6) is 0 Å². The molecule has 0 saturated carbocycles. The maximum atomic E-state index is 10.5. The van der Waals surface area contributed by atoms with Crippen LogP contribution in [-0.4, -0.2) is 5.91 Å². The summed E-state index contributed by atoms with van der Waals surface area (Å²) in [4.78, 5) is 10.5. The Morgan fingerprint density at radius 3 is 2.80 bits per heavy atom. The SMILES string of the molecule is NC(=O)C(N)c1ccsc1. The summed E-state index contributed by atoms with van der Waals surface area (Å²) in [5.74, 6) is -0.488. The number of hydrogen-bond donors (Lipinski definition) is 2. The molecule has 4 heteroatoms. The summed E-state index contributed by atoms with van der Waals surface area (Å²) in [7, 11) is 0. The first-order valence-corrected chi connectivity index (χ1v) is 3.73.